The summed E-state index contributed by atoms with van der Waals surface area (Å²) < 4.78 is 39.8. The molecule has 1 unspecified atom stereocenters. The van der Waals surface area contributed by atoms with Gasteiger partial charge in [-0.05, 0) is 12.1 Å². The lowest BCUT2D eigenvalue weighted by atomic mass is 9.86. The van der Waals surface area contributed by atoms with Gasteiger partial charge in [0.05, 0.1) is 10.7 Å². The standard InChI is InChI=1S/C17H10Cl2F3N3O3/c18-13-10(4-1-5-11(13)25-15(28)24-12(26)8-23-25)14(27)16(19)6-2-3-9(7-16)17(20,21)22/h1-6,8H,7H2,(H,24,26,28). The minimum atomic E-state index is -4.63. The Bertz CT molecular complexity index is 1130. The monoisotopic (exact) mass is 431 g/mol. The predicted octanol–water partition coefficient (Wildman–Crippen LogP) is 3.18. The number of carbonyl (C=O) groups excluding carboxylic acids is 1. The van der Waals surface area contributed by atoms with Crippen LogP contribution in [0.1, 0.15) is 16.8 Å². The van der Waals surface area contributed by atoms with Gasteiger partial charge in [0.2, 0.25) is 0 Å². The SMILES string of the molecule is O=C(c1cccc(-n2ncc(=O)[nH]c2=O)c1Cl)C1(Cl)C=CC=C(C(F)(F)F)C1. The molecular formula is C17H10Cl2F3N3O3. The summed E-state index contributed by atoms with van der Waals surface area (Å²) in [5, 5.41) is 3.40. The number of ketones is 1. The highest BCUT2D eigenvalue weighted by Gasteiger charge is 2.44. The van der Waals surface area contributed by atoms with Gasteiger partial charge in [0, 0.05) is 17.6 Å². The average molecular weight is 432 g/mol. The lowest BCUT2D eigenvalue weighted by molar-refractivity contribution is -0.0944. The van der Waals surface area contributed by atoms with Crippen molar-refractivity contribution in [3.8, 4) is 5.69 Å². The van der Waals surface area contributed by atoms with Crippen molar-refractivity contribution >= 4 is 29.0 Å². The number of aromatic amines is 1. The minimum absolute atomic E-state index is 0.0413. The zero-order valence-electron chi connectivity index (χ0n) is 13.8. The van der Waals surface area contributed by atoms with Crippen molar-refractivity contribution in [2.24, 2.45) is 0 Å². The van der Waals surface area contributed by atoms with E-state index in [1.165, 1.54) is 18.2 Å². The van der Waals surface area contributed by atoms with Crippen LogP contribution in [0.4, 0.5) is 13.2 Å². The van der Waals surface area contributed by atoms with Crippen LogP contribution < -0.4 is 11.2 Å². The van der Waals surface area contributed by atoms with Gasteiger partial charge in [-0.1, -0.05) is 35.9 Å². The number of nitrogens with zero attached hydrogens (tertiary/aromatic N) is 2. The van der Waals surface area contributed by atoms with Crippen LogP contribution in [0, 0.1) is 0 Å². The predicted molar refractivity (Wildman–Crippen MR) is 96.3 cm³/mol. The van der Waals surface area contributed by atoms with Crippen molar-refractivity contribution in [1.29, 1.82) is 0 Å². The third-order valence-electron chi connectivity index (χ3n) is 4.01. The molecule has 0 aliphatic heterocycles. The van der Waals surface area contributed by atoms with Gasteiger partial charge in [-0.15, -0.1) is 11.6 Å². The third kappa shape index (κ3) is 3.67. The zero-order chi connectivity index (χ0) is 20.7. The first-order chi connectivity index (χ1) is 13.0. The molecule has 0 saturated carbocycles. The van der Waals surface area contributed by atoms with Crippen molar-refractivity contribution < 1.29 is 18.0 Å². The fourth-order valence-electron chi connectivity index (χ4n) is 2.67. The summed E-state index contributed by atoms with van der Waals surface area (Å²) in [5.74, 6) is -0.871. The van der Waals surface area contributed by atoms with Crippen LogP contribution in [0.25, 0.3) is 5.69 Å². The molecule has 0 amide bonds. The average Bonchev–Trinajstić information content (AvgIpc) is 2.61. The van der Waals surface area contributed by atoms with E-state index in [-0.39, 0.29) is 16.3 Å². The molecule has 2 aromatic rings. The number of halogens is 5. The second-order valence-corrected chi connectivity index (χ2v) is 6.96. The quantitative estimate of drug-likeness (QED) is 0.597. The summed E-state index contributed by atoms with van der Waals surface area (Å²) in [7, 11) is 0. The molecule has 6 nitrogen and oxygen atoms in total. The van der Waals surface area contributed by atoms with Crippen LogP contribution in [0.3, 0.4) is 0 Å². The second kappa shape index (κ2) is 7.06. The summed E-state index contributed by atoms with van der Waals surface area (Å²) in [6.07, 6.45) is -1.52. The van der Waals surface area contributed by atoms with E-state index in [0.29, 0.717) is 0 Å². The van der Waals surface area contributed by atoms with E-state index in [9.17, 15) is 27.6 Å². The van der Waals surface area contributed by atoms with Crippen molar-refractivity contribution in [3.63, 3.8) is 0 Å². The Kier molecular flexibility index (Phi) is 5.07. The van der Waals surface area contributed by atoms with Crippen LogP contribution in [0.15, 0.2) is 57.8 Å². The molecule has 0 saturated heterocycles. The van der Waals surface area contributed by atoms with Crippen LogP contribution in [-0.4, -0.2) is 31.6 Å². The van der Waals surface area contributed by atoms with Crippen LogP contribution in [0.2, 0.25) is 5.02 Å². The summed E-state index contributed by atoms with van der Waals surface area (Å²) in [4.78, 5) is 36.0. The molecule has 28 heavy (non-hydrogen) atoms. The van der Waals surface area contributed by atoms with Crippen molar-refractivity contribution in [2.75, 3.05) is 0 Å². The summed E-state index contributed by atoms with van der Waals surface area (Å²) >= 11 is 12.4. The molecule has 0 bridgehead atoms. The van der Waals surface area contributed by atoms with Gasteiger partial charge in [-0.25, -0.2) is 4.79 Å². The molecule has 1 aromatic heterocycles. The fourth-order valence-corrected chi connectivity index (χ4v) is 3.28. The third-order valence-corrected chi connectivity index (χ3v) is 4.84. The smallest absolute Gasteiger partial charge is 0.292 e. The molecule has 1 atom stereocenters. The Morgan fingerprint density at radius 2 is 2.00 bits per heavy atom. The Hall–Kier alpha value is -2.65. The largest absolute Gasteiger partial charge is 0.412 e. The lowest BCUT2D eigenvalue weighted by Crippen LogP contribution is -2.35. The molecule has 0 radical (unpaired) electrons. The molecule has 1 aliphatic carbocycles. The summed E-state index contributed by atoms with van der Waals surface area (Å²) in [6.45, 7) is 0. The molecule has 1 N–H and O–H groups in total. The molecule has 1 aromatic carbocycles. The van der Waals surface area contributed by atoms with Gasteiger partial charge < -0.3 is 0 Å². The normalized spacial score (nSPS) is 19.4. The fraction of sp³-hybridized carbons (Fsp3) is 0.176. The number of H-pyrrole nitrogens is 1. The van der Waals surface area contributed by atoms with E-state index in [4.69, 9.17) is 23.2 Å². The number of alkyl halides is 4. The first kappa shape index (κ1) is 20.1. The number of aromatic nitrogens is 3. The number of Topliss-reactive ketones (excluding diaryl/α,β-unsaturated/α-hetero) is 1. The first-order valence-electron chi connectivity index (χ1n) is 7.70. The van der Waals surface area contributed by atoms with Gasteiger partial charge in [0.1, 0.15) is 11.1 Å². The Balaban J connectivity index is 2.05. The molecule has 0 spiro atoms. The van der Waals surface area contributed by atoms with Gasteiger partial charge >= 0.3 is 11.9 Å². The molecule has 146 valence electrons. The zero-order valence-corrected chi connectivity index (χ0v) is 15.3. The van der Waals surface area contributed by atoms with Gasteiger partial charge in [0.15, 0.2) is 5.78 Å². The highest BCUT2D eigenvalue weighted by Crippen LogP contribution is 2.41. The number of benzene rings is 1. The van der Waals surface area contributed by atoms with Gasteiger partial charge in [0.25, 0.3) is 5.56 Å². The van der Waals surface area contributed by atoms with Crippen LogP contribution in [0.5, 0.6) is 0 Å². The number of allylic oxidation sites excluding steroid dienone is 4. The van der Waals surface area contributed by atoms with Gasteiger partial charge in [-0.3, -0.25) is 14.6 Å². The van der Waals surface area contributed by atoms with E-state index in [0.717, 1.165) is 29.1 Å². The van der Waals surface area contributed by atoms with E-state index in [1.54, 1.807) is 0 Å². The topological polar surface area (TPSA) is 84.8 Å². The Morgan fingerprint density at radius 3 is 2.64 bits per heavy atom. The molecule has 1 aliphatic rings. The van der Waals surface area contributed by atoms with E-state index < -0.39 is 40.1 Å². The van der Waals surface area contributed by atoms with Crippen LogP contribution >= 0.6 is 23.2 Å². The number of nitrogens with one attached hydrogen (secondary N) is 1. The maximum Gasteiger partial charge on any atom is 0.412 e. The van der Waals surface area contributed by atoms with E-state index in [1.807, 2.05) is 4.98 Å². The Morgan fingerprint density at radius 1 is 1.29 bits per heavy atom. The number of hydrogen-bond donors (Lipinski definition) is 1. The van der Waals surface area contributed by atoms with E-state index in [2.05, 4.69) is 5.10 Å². The minimum Gasteiger partial charge on any atom is -0.292 e. The molecule has 3 rings (SSSR count). The number of carbonyl (C=O) groups is 1. The molecule has 1 heterocycles. The van der Waals surface area contributed by atoms with Gasteiger partial charge in [-0.2, -0.15) is 23.0 Å². The molecule has 11 heteroatoms. The lowest BCUT2D eigenvalue weighted by Gasteiger charge is -2.27. The highest BCUT2D eigenvalue weighted by molar-refractivity contribution is 6.43. The maximum absolute atomic E-state index is 13.0. The summed E-state index contributed by atoms with van der Waals surface area (Å²) in [5.41, 5.74) is -2.82. The van der Waals surface area contributed by atoms with Crippen molar-refractivity contribution in [2.45, 2.75) is 17.5 Å². The molecular weight excluding hydrogens is 422 g/mol. The van der Waals surface area contributed by atoms with Crippen molar-refractivity contribution in [1.82, 2.24) is 14.8 Å². The number of hydrogen-bond acceptors (Lipinski definition) is 4. The van der Waals surface area contributed by atoms with E-state index >= 15 is 0 Å². The maximum atomic E-state index is 13.0. The first-order valence-corrected chi connectivity index (χ1v) is 8.45. The summed E-state index contributed by atoms with van der Waals surface area (Å²) in [6, 6.07) is 3.99. The number of rotatable bonds is 3. The second-order valence-electron chi connectivity index (χ2n) is 5.91. The van der Waals surface area contributed by atoms with Crippen LogP contribution in [-0.2, 0) is 0 Å². The van der Waals surface area contributed by atoms with Crippen molar-refractivity contribution in [3.05, 3.63) is 79.6 Å². The Labute approximate surface area is 164 Å². The molecule has 0 fully saturated rings. The highest BCUT2D eigenvalue weighted by atomic mass is 35.5.